The molecule has 2 heteroatoms. The van der Waals surface area contributed by atoms with Gasteiger partial charge in [0.25, 0.3) is 0 Å². The van der Waals surface area contributed by atoms with E-state index < -0.39 is 0 Å². The fourth-order valence-corrected chi connectivity index (χ4v) is 0.283. The first-order valence-electron chi connectivity index (χ1n) is 2.90. The molecule has 0 aliphatic heterocycles. The standard InChI is InChI=1S/C5H8NP.C2H6/c1-2-3-4-5(6)7;1-2/h2-4,6H,1,7H2;1-2H3/b4-3-,6-5?;. The van der Waals surface area contributed by atoms with Crippen molar-refractivity contribution >= 4 is 14.7 Å². The fraction of sp³-hybridized carbons (Fsp3) is 0.286. The molecule has 0 spiro atoms. The summed E-state index contributed by atoms with van der Waals surface area (Å²) in [6.07, 6.45) is 5.01. The third-order valence-corrected chi connectivity index (χ3v) is 0.604. The van der Waals surface area contributed by atoms with Crippen LogP contribution in [0, 0.1) is 5.41 Å². The van der Waals surface area contributed by atoms with E-state index >= 15 is 0 Å². The van der Waals surface area contributed by atoms with Gasteiger partial charge < -0.3 is 5.41 Å². The molecule has 0 aliphatic rings. The van der Waals surface area contributed by atoms with Gasteiger partial charge in [0.05, 0.1) is 0 Å². The summed E-state index contributed by atoms with van der Waals surface area (Å²) < 4.78 is 0. The van der Waals surface area contributed by atoms with Gasteiger partial charge in [-0.15, -0.1) is 0 Å². The van der Waals surface area contributed by atoms with Crippen LogP contribution in [0.3, 0.4) is 0 Å². The predicted octanol–water partition coefficient (Wildman–Crippen LogP) is 2.61. The van der Waals surface area contributed by atoms with Gasteiger partial charge in [-0.05, 0) is 6.08 Å². The highest BCUT2D eigenvalue weighted by molar-refractivity contribution is 7.41. The molecule has 0 aromatic rings. The Bertz CT molecular complexity index is 105. The Balaban J connectivity index is 0. The van der Waals surface area contributed by atoms with Crippen molar-refractivity contribution < 1.29 is 0 Å². The Kier molecular flexibility index (Phi) is 13.3. The predicted molar refractivity (Wildman–Crippen MR) is 48.1 cm³/mol. The van der Waals surface area contributed by atoms with Gasteiger partial charge in [-0.25, -0.2) is 0 Å². The first-order chi connectivity index (χ1) is 4.27. The highest BCUT2D eigenvalue weighted by Crippen LogP contribution is 1.86. The van der Waals surface area contributed by atoms with Crippen LogP contribution in [-0.2, 0) is 0 Å². The molecule has 0 aliphatic carbocycles. The van der Waals surface area contributed by atoms with E-state index in [9.17, 15) is 0 Å². The molecule has 1 nitrogen and oxygen atoms in total. The molecule has 0 radical (unpaired) electrons. The van der Waals surface area contributed by atoms with E-state index in [1.165, 1.54) is 0 Å². The van der Waals surface area contributed by atoms with Gasteiger partial charge in [-0.2, -0.15) is 0 Å². The van der Waals surface area contributed by atoms with Gasteiger partial charge in [-0.1, -0.05) is 41.8 Å². The molecule has 0 saturated carbocycles. The lowest BCUT2D eigenvalue weighted by Crippen LogP contribution is -1.67. The minimum Gasteiger partial charge on any atom is -0.301 e. The van der Waals surface area contributed by atoms with E-state index in [0.717, 1.165) is 0 Å². The molecular formula is C7H14NP. The average molecular weight is 143 g/mol. The van der Waals surface area contributed by atoms with Crippen LogP contribution in [0.2, 0.25) is 0 Å². The van der Waals surface area contributed by atoms with Crippen molar-refractivity contribution in [1.29, 1.82) is 5.41 Å². The first-order valence-corrected chi connectivity index (χ1v) is 3.48. The number of hydrogen-bond donors (Lipinski definition) is 1. The van der Waals surface area contributed by atoms with Crippen LogP contribution in [0.1, 0.15) is 13.8 Å². The molecule has 1 N–H and O–H groups in total. The molecule has 52 valence electrons. The minimum atomic E-state index is 0.472. The summed E-state index contributed by atoms with van der Waals surface area (Å²) in [5, 5.41) is 6.83. The molecule has 1 atom stereocenters. The van der Waals surface area contributed by atoms with Crippen molar-refractivity contribution in [2.75, 3.05) is 0 Å². The Hall–Kier alpha value is -0.420. The van der Waals surface area contributed by atoms with Gasteiger partial charge in [0.1, 0.15) is 0 Å². The van der Waals surface area contributed by atoms with Gasteiger partial charge >= 0.3 is 0 Å². The smallest absolute Gasteiger partial charge is 0.0479 e. The molecule has 0 fully saturated rings. The Morgan fingerprint density at radius 1 is 1.56 bits per heavy atom. The largest absolute Gasteiger partial charge is 0.301 e. The van der Waals surface area contributed by atoms with Crippen molar-refractivity contribution in [3.05, 3.63) is 24.8 Å². The quantitative estimate of drug-likeness (QED) is 0.349. The van der Waals surface area contributed by atoms with Gasteiger partial charge in [0.2, 0.25) is 0 Å². The zero-order valence-corrected chi connectivity index (χ0v) is 7.17. The monoisotopic (exact) mass is 143 g/mol. The molecule has 0 rings (SSSR count). The summed E-state index contributed by atoms with van der Waals surface area (Å²) in [6, 6.07) is 0. The zero-order valence-electron chi connectivity index (χ0n) is 6.02. The van der Waals surface area contributed by atoms with E-state index in [2.05, 4.69) is 15.8 Å². The van der Waals surface area contributed by atoms with Crippen LogP contribution >= 0.6 is 9.24 Å². The SMILES string of the molecule is C=C/C=C\C(=N)P.CC. The molecule has 0 amide bonds. The van der Waals surface area contributed by atoms with Gasteiger partial charge in [0.15, 0.2) is 0 Å². The second kappa shape index (κ2) is 10.5. The maximum Gasteiger partial charge on any atom is 0.0479 e. The molecule has 0 aromatic carbocycles. The first kappa shape index (κ1) is 11.4. The van der Waals surface area contributed by atoms with Crippen molar-refractivity contribution in [2.45, 2.75) is 13.8 Å². The molecular weight excluding hydrogens is 129 g/mol. The molecule has 9 heavy (non-hydrogen) atoms. The summed E-state index contributed by atoms with van der Waals surface area (Å²) in [4.78, 5) is 0. The van der Waals surface area contributed by atoms with Crippen molar-refractivity contribution in [3.63, 3.8) is 0 Å². The van der Waals surface area contributed by atoms with Crippen molar-refractivity contribution in [2.24, 2.45) is 0 Å². The molecule has 0 bridgehead atoms. The normalized spacial score (nSPS) is 7.89. The second-order valence-electron chi connectivity index (χ2n) is 1.05. The fourth-order valence-electron chi connectivity index (χ4n) is 0.172. The summed E-state index contributed by atoms with van der Waals surface area (Å²) in [5.74, 6) is 0. The molecule has 1 unspecified atom stereocenters. The highest BCUT2D eigenvalue weighted by atomic mass is 31.0. The summed E-state index contributed by atoms with van der Waals surface area (Å²) in [6.45, 7) is 7.44. The third kappa shape index (κ3) is 18.4. The van der Waals surface area contributed by atoms with E-state index in [4.69, 9.17) is 5.41 Å². The van der Waals surface area contributed by atoms with E-state index in [1.54, 1.807) is 18.2 Å². The van der Waals surface area contributed by atoms with E-state index in [-0.39, 0.29) is 0 Å². The maximum atomic E-state index is 6.83. The highest BCUT2D eigenvalue weighted by Gasteiger charge is 1.68. The van der Waals surface area contributed by atoms with Crippen LogP contribution in [0.5, 0.6) is 0 Å². The Morgan fingerprint density at radius 3 is 2.11 bits per heavy atom. The topological polar surface area (TPSA) is 23.9 Å². The summed E-state index contributed by atoms with van der Waals surface area (Å²) in [7, 11) is 2.26. The van der Waals surface area contributed by atoms with Crippen LogP contribution in [0.4, 0.5) is 0 Å². The molecule has 0 aromatic heterocycles. The Labute approximate surface area is 59.6 Å². The summed E-state index contributed by atoms with van der Waals surface area (Å²) >= 11 is 0. The minimum absolute atomic E-state index is 0.472. The number of hydrogen-bond acceptors (Lipinski definition) is 1. The maximum absolute atomic E-state index is 6.83. The number of rotatable bonds is 2. The van der Waals surface area contributed by atoms with Crippen molar-refractivity contribution in [3.8, 4) is 0 Å². The molecule has 0 saturated heterocycles. The summed E-state index contributed by atoms with van der Waals surface area (Å²) in [5.41, 5.74) is 0.472. The van der Waals surface area contributed by atoms with E-state index in [1.807, 2.05) is 13.8 Å². The lowest BCUT2D eigenvalue weighted by Gasteiger charge is -1.74. The number of allylic oxidation sites excluding steroid dienone is 3. The second-order valence-corrected chi connectivity index (χ2v) is 1.67. The average Bonchev–Trinajstić information content (AvgIpc) is 1.88. The van der Waals surface area contributed by atoms with Crippen LogP contribution in [-0.4, -0.2) is 5.45 Å². The van der Waals surface area contributed by atoms with Crippen LogP contribution in [0.15, 0.2) is 24.8 Å². The number of nitrogens with one attached hydrogen (secondary N) is 1. The van der Waals surface area contributed by atoms with Gasteiger partial charge in [-0.3, -0.25) is 0 Å². The lowest BCUT2D eigenvalue weighted by atomic mass is 10.5. The molecule has 0 heterocycles. The van der Waals surface area contributed by atoms with Gasteiger partial charge in [0, 0.05) is 5.45 Å². The van der Waals surface area contributed by atoms with E-state index in [0.29, 0.717) is 5.45 Å². The zero-order chi connectivity index (χ0) is 7.70. The van der Waals surface area contributed by atoms with Crippen molar-refractivity contribution in [1.82, 2.24) is 0 Å². The Morgan fingerprint density at radius 2 is 2.00 bits per heavy atom. The third-order valence-electron chi connectivity index (χ3n) is 0.412. The van der Waals surface area contributed by atoms with Crippen LogP contribution < -0.4 is 0 Å². The lowest BCUT2D eigenvalue weighted by molar-refractivity contribution is 1.50. The van der Waals surface area contributed by atoms with Crippen LogP contribution in [0.25, 0.3) is 0 Å².